The molecule has 1 N–H and O–H groups in total. The highest BCUT2D eigenvalue weighted by atomic mass is 32.2. The van der Waals surface area contributed by atoms with Crippen LogP contribution < -0.4 is 0 Å². The van der Waals surface area contributed by atoms with E-state index in [4.69, 9.17) is 4.52 Å². The first kappa shape index (κ1) is 16.4. The fourth-order valence-electron chi connectivity index (χ4n) is 3.62. The van der Waals surface area contributed by atoms with Crippen LogP contribution in [0, 0.1) is 18.3 Å². The largest absolute Gasteiger partial charge is 0.396 e. The average Bonchev–Trinajstić information content (AvgIpc) is 3.09. The number of hydrogen-bond acceptors (Lipinski definition) is 6. The molecule has 9 heteroatoms. The van der Waals surface area contributed by atoms with E-state index < -0.39 is 15.4 Å². The van der Waals surface area contributed by atoms with Crippen LogP contribution in [0.2, 0.25) is 0 Å². The fourth-order valence-corrected chi connectivity index (χ4v) is 4.56. The lowest BCUT2D eigenvalue weighted by Gasteiger charge is -2.42. The molecule has 1 aromatic rings. The van der Waals surface area contributed by atoms with Gasteiger partial charge >= 0.3 is 0 Å². The van der Waals surface area contributed by atoms with Crippen molar-refractivity contribution >= 4 is 15.9 Å². The maximum absolute atomic E-state index is 12.5. The average molecular weight is 343 g/mol. The summed E-state index contributed by atoms with van der Waals surface area (Å²) >= 11 is 0. The predicted octanol–water partition coefficient (Wildman–Crippen LogP) is -0.301. The lowest BCUT2D eigenvalue weighted by atomic mass is 9.74. The number of sulfonamides is 1. The minimum absolute atomic E-state index is 0.0605. The Hall–Kier alpha value is -1.45. The Morgan fingerprint density at radius 1 is 1.52 bits per heavy atom. The molecule has 2 aliphatic heterocycles. The smallest absolute Gasteiger partial charge is 0.276 e. The van der Waals surface area contributed by atoms with Gasteiger partial charge in [0.15, 0.2) is 5.69 Å². The Kier molecular flexibility index (Phi) is 3.97. The lowest BCUT2D eigenvalue weighted by Crippen LogP contribution is -2.52. The minimum Gasteiger partial charge on any atom is -0.396 e. The van der Waals surface area contributed by atoms with Crippen LogP contribution in [0.3, 0.4) is 0 Å². The first-order chi connectivity index (χ1) is 10.7. The number of aliphatic hydroxyl groups excluding tert-OH is 1. The molecule has 3 rings (SSSR count). The van der Waals surface area contributed by atoms with Gasteiger partial charge in [-0.2, -0.15) is 0 Å². The van der Waals surface area contributed by atoms with Gasteiger partial charge in [-0.1, -0.05) is 5.16 Å². The highest BCUT2D eigenvalue weighted by Gasteiger charge is 2.52. The molecule has 1 amide bonds. The molecule has 0 spiro atoms. The summed E-state index contributed by atoms with van der Waals surface area (Å²) in [5, 5.41) is 13.7. The van der Waals surface area contributed by atoms with Gasteiger partial charge in [0.2, 0.25) is 10.0 Å². The number of aliphatic hydroxyl groups is 1. The van der Waals surface area contributed by atoms with Crippen LogP contribution in [0.25, 0.3) is 0 Å². The third kappa shape index (κ3) is 2.88. The van der Waals surface area contributed by atoms with Crippen LogP contribution in [-0.2, 0) is 10.0 Å². The first-order valence-corrected chi connectivity index (χ1v) is 9.38. The predicted molar refractivity (Wildman–Crippen MR) is 81.2 cm³/mol. The Bertz CT molecular complexity index is 716. The van der Waals surface area contributed by atoms with E-state index in [1.54, 1.807) is 17.9 Å². The summed E-state index contributed by atoms with van der Waals surface area (Å²) in [4.78, 5) is 14.2. The molecule has 0 bridgehead atoms. The van der Waals surface area contributed by atoms with Gasteiger partial charge in [0, 0.05) is 37.7 Å². The van der Waals surface area contributed by atoms with Crippen molar-refractivity contribution in [1.29, 1.82) is 0 Å². The van der Waals surface area contributed by atoms with Crippen molar-refractivity contribution in [3.05, 3.63) is 17.5 Å². The van der Waals surface area contributed by atoms with Gasteiger partial charge in [-0.3, -0.25) is 4.79 Å². The van der Waals surface area contributed by atoms with Gasteiger partial charge in [-0.05, 0) is 19.3 Å². The van der Waals surface area contributed by atoms with Gasteiger partial charge in [-0.15, -0.1) is 0 Å². The summed E-state index contributed by atoms with van der Waals surface area (Å²) in [6.45, 7) is 3.07. The summed E-state index contributed by atoms with van der Waals surface area (Å²) in [5.74, 6) is 0.375. The van der Waals surface area contributed by atoms with Crippen molar-refractivity contribution in [2.24, 2.45) is 11.3 Å². The first-order valence-electron chi connectivity index (χ1n) is 7.54. The van der Waals surface area contributed by atoms with Gasteiger partial charge < -0.3 is 14.5 Å². The standard InChI is InChI=1S/C14H21N3O5S/c1-10-5-12(15-22-10)13(19)16-4-3-11-6-17(23(2,20)21)8-14(11,7-16)9-18/h5,11,18H,3-4,6-9H2,1-2H3/t11-,14+/m1/s1. The highest BCUT2D eigenvalue weighted by molar-refractivity contribution is 7.88. The van der Waals surface area contributed by atoms with E-state index in [9.17, 15) is 18.3 Å². The van der Waals surface area contributed by atoms with Crippen molar-refractivity contribution in [3.63, 3.8) is 0 Å². The normalized spacial score (nSPS) is 28.8. The topological polar surface area (TPSA) is 104 Å². The molecule has 2 saturated heterocycles. The number of likely N-dealkylation sites (tertiary alicyclic amines) is 1. The zero-order chi connectivity index (χ0) is 16.8. The van der Waals surface area contributed by atoms with Crippen LogP contribution in [0.1, 0.15) is 22.7 Å². The summed E-state index contributed by atoms with van der Waals surface area (Å²) in [7, 11) is -3.30. The maximum Gasteiger partial charge on any atom is 0.276 e. The van der Waals surface area contributed by atoms with Crippen molar-refractivity contribution in [2.75, 3.05) is 39.0 Å². The molecule has 0 radical (unpaired) electrons. The van der Waals surface area contributed by atoms with Crippen molar-refractivity contribution in [1.82, 2.24) is 14.4 Å². The minimum atomic E-state index is -3.30. The molecule has 0 aromatic carbocycles. The van der Waals surface area contributed by atoms with E-state index >= 15 is 0 Å². The number of carbonyl (C=O) groups excluding carboxylic acids is 1. The van der Waals surface area contributed by atoms with Crippen LogP contribution >= 0.6 is 0 Å². The summed E-state index contributed by atoms with van der Waals surface area (Å²) in [6.07, 6.45) is 1.84. The fraction of sp³-hybridized carbons (Fsp3) is 0.714. The van der Waals surface area contributed by atoms with Crippen LogP contribution in [0.5, 0.6) is 0 Å². The number of rotatable bonds is 3. The van der Waals surface area contributed by atoms with Gasteiger partial charge in [0.1, 0.15) is 5.76 Å². The summed E-state index contributed by atoms with van der Waals surface area (Å²) in [5.41, 5.74) is -0.359. The quantitative estimate of drug-likeness (QED) is 0.808. The van der Waals surface area contributed by atoms with E-state index in [0.29, 0.717) is 31.8 Å². The number of piperidine rings is 1. The van der Waals surface area contributed by atoms with Gasteiger partial charge in [0.05, 0.1) is 12.9 Å². The van der Waals surface area contributed by atoms with Gasteiger partial charge in [0.25, 0.3) is 5.91 Å². The van der Waals surface area contributed by atoms with Gasteiger partial charge in [-0.25, -0.2) is 12.7 Å². The number of amides is 1. The number of nitrogens with zero attached hydrogens (tertiary/aromatic N) is 3. The molecule has 2 aliphatic rings. The van der Waals surface area contributed by atoms with Crippen molar-refractivity contribution < 1.29 is 22.8 Å². The van der Waals surface area contributed by atoms with E-state index in [-0.39, 0.29) is 30.7 Å². The van der Waals surface area contributed by atoms with E-state index in [1.165, 1.54) is 10.6 Å². The second-order valence-electron chi connectivity index (χ2n) is 6.61. The zero-order valence-electron chi connectivity index (χ0n) is 13.2. The van der Waals surface area contributed by atoms with E-state index in [2.05, 4.69) is 5.16 Å². The molecule has 0 saturated carbocycles. The number of aromatic nitrogens is 1. The highest BCUT2D eigenvalue weighted by Crippen LogP contribution is 2.42. The van der Waals surface area contributed by atoms with E-state index in [0.717, 1.165) is 0 Å². The van der Waals surface area contributed by atoms with Crippen LogP contribution in [0.15, 0.2) is 10.6 Å². The molecule has 8 nitrogen and oxygen atoms in total. The molecule has 1 aromatic heterocycles. The number of hydrogen-bond donors (Lipinski definition) is 1. The third-order valence-electron chi connectivity index (χ3n) is 4.95. The third-order valence-corrected chi connectivity index (χ3v) is 6.17. The second-order valence-corrected chi connectivity index (χ2v) is 8.59. The Morgan fingerprint density at radius 3 is 2.83 bits per heavy atom. The van der Waals surface area contributed by atoms with Crippen LogP contribution in [0.4, 0.5) is 0 Å². The molecule has 2 fully saturated rings. The molecule has 0 aliphatic carbocycles. The summed E-state index contributed by atoms with van der Waals surface area (Å²) < 4.78 is 30.0. The van der Waals surface area contributed by atoms with Crippen molar-refractivity contribution in [3.8, 4) is 0 Å². The number of fused-ring (bicyclic) bond motifs is 1. The Balaban J connectivity index is 1.81. The SMILES string of the molecule is Cc1cc(C(=O)N2CC[C@@H]3CN(S(C)(=O)=O)C[C@]3(CO)C2)no1. The summed E-state index contributed by atoms with van der Waals surface area (Å²) in [6, 6.07) is 1.58. The van der Waals surface area contributed by atoms with Crippen LogP contribution in [-0.4, -0.2) is 72.8 Å². The monoisotopic (exact) mass is 343 g/mol. The van der Waals surface area contributed by atoms with E-state index in [1.807, 2.05) is 0 Å². The molecular formula is C14H21N3O5S. The maximum atomic E-state index is 12.5. The lowest BCUT2D eigenvalue weighted by molar-refractivity contribution is 0.0124. The zero-order valence-corrected chi connectivity index (χ0v) is 14.0. The number of carbonyl (C=O) groups is 1. The Labute approximate surface area is 135 Å². The molecule has 128 valence electrons. The second kappa shape index (κ2) is 5.57. The molecular weight excluding hydrogens is 322 g/mol. The molecule has 2 atom stereocenters. The molecule has 3 heterocycles. The Morgan fingerprint density at radius 2 is 2.26 bits per heavy atom. The van der Waals surface area contributed by atoms with Crippen molar-refractivity contribution in [2.45, 2.75) is 13.3 Å². The molecule has 23 heavy (non-hydrogen) atoms. The number of aryl methyl sites for hydroxylation is 1. The molecule has 0 unspecified atom stereocenters.